The van der Waals surface area contributed by atoms with E-state index in [1.54, 1.807) is 6.92 Å². The van der Waals surface area contributed by atoms with Gasteiger partial charge in [-0.25, -0.2) is 0 Å². The molecule has 0 radical (unpaired) electrons. The summed E-state index contributed by atoms with van der Waals surface area (Å²) in [6, 6.07) is -1.49. The van der Waals surface area contributed by atoms with Crippen LogP contribution < -0.4 is 37.2 Å². The molecule has 5 amide bonds. The maximum absolute atomic E-state index is 12.6. The number of hydrogen-bond donors (Lipinski definition) is 11. The Kier molecular flexibility index (Phi) is 19.7. The first-order chi connectivity index (χ1) is 29.4. The predicted octanol–water partition coefficient (Wildman–Crippen LogP) is -6.12. The van der Waals surface area contributed by atoms with Crippen molar-refractivity contribution in [3.8, 4) is 0 Å². The van der Waals surface area contributed by atoms with Crippen LogP contribution in [0.15, 0.2) is 0 Å². The first-order valence-electron chi connectivity index (χ1n) is 21.3. The molecule has 5 fully saturated rings. The number of aliphatic hydroxyl groups is 4. The molecule has 5 unspecified atom stereocenters. The van der Waals surface area contributed by atoms with Crippen molar-refractivity contribution in [2.24, 2.45) is 0 Å². The molecule has 61 heavy (non-hydrogen) atoms. The molecule has 5 aliphatic heterocycles. The molecule has 0 aliphatic carbocycles. The second-order valence-electron chi connectivity index (χ2n) is 16.2. The topological polar surface area (TPSA) is 309 Å². The Bertz CT molecular complexity index is 1420. The van der Waals surface area contributed by atoms with Gasteiger partial charge in [0.1, 0.15) is 68.5 Å². The second-order valence-corrected chi connectivity index (χ2v) is 16.2. The highest BCUT2D eigenvalue weighted by Crippen LogP contribution is 2.25. The van der Waals surface area contributed by atoms with Gasteiger partial charge in [-0.15, -0.1) is 0 Å². The Hall–Kier alpha value is -3.17. The quantitative estimate of drug-likeness (QED) is 0.0300. The van der Waals surface area contributed by atoms with Gasteiger partial charge in [0, 0.05) is 70.6 Å². The fourth-order valence-electron chi connectivity index (χ4n) is 8.16. The zero-order valence-electron chi connectivity index (χ0n) is 34.9. The van der Waals surface area contributed by atoms with E-state index in [2.05, 4.69) is 49.0 Å². The molecule has 0 saturated carbocycles. The lowest BCUT2D eigenvalue weighted by atomic mass is 9.96. The monoisotopic (exact) mass is 874 g/mol. The molecule has 5 heterocycles. The molecule has 5 rings (SSSR count). The highest BCUT2D eigenvalue weighted by molar-refractivity contribution is 5.79. The van der Waals surface area contributed by atoms with E-state index in [9.17, 15) is 44.4 Å². The van der Waals surface area contributed by atoms with Crippen molar-refractivity contribution in [3.63, 3.8) is 0 Å². The number of carbonyl (C=O) groups excluding carboxylic acids is 5. The molecular formula is C38H66N8O15. The fraction of sp³-hybridized carbons (Fsp3) is 0.868. The summed E-state index contributed by atoms with van der Waals surface area (Å²) in [5, 5.41) is 62.4. The Balaban J connectivity index is 0.974. The van der Waals surface area contributed by atoms with E-state index in [1.807, 2.05) is 0 Å². The van der Waals surface area contributed by atoms with Crippen molar-refractivity contribution >= 4 is 30.0 Å². The lowest BCUT2D eigenvalue weighted by molar-refractivity contribution is -0.271. The maximum Gasteiger partial charge on any atom is 0.246 e. The molecular weight excluding hydrogens is 808 g/mol. The fourth-order valence-corrected chi connectivity index (χ4v) is 8.16. The van der Waals surface area contributed by atoms with E-state index in [1.165, 1.54) is 0 Å². The molecule has 23 nitrogen and oxygen atoms in total. The number of aliphatic hydroxyl groups excluding tert-OH is 4. The van der Waals surface area contributed by atoms with Crippen molar-refractivity contribution in [2.75, 3.05) is 78.8 Å². The summed E-state index contributed by atoms with van der Waals surface area (Å²) in [6.45, 7) is 7.25. The zero-order valence-corrected chi connectivity index (χ0v) is 34.9. The van der Waals surface area contributed by atoms with Gasteiger partial charge >= 0.3 is 0 Å². The number of ether oxygens (including phenoxy) is 6. The number of nitrogens with one attached hydrogen (secondary N) is 7. The molecule has 0 aromatic heterocycles. The number of carbonyl (C=O) groups is 5. The van der Waals surface area contributed by atoms with Crippen LogP contribution in [-0.4, -0.2) is 220 Å². The van der Waals surface area contributed by atoms with E-state index in [0.29, 0.717) is 52.1 Å². The SMILES string of the molecule is CCCC(CCOCC(=O)NCC1O[C@@H]2OCC(=O)N[C@@H]2[C@@H](O)[C@H]1O)NC1CN(CCNC=O)CC1NCCCOC(C)CC(=O)NC[C@H]1O[C@@H]2OCC(=O)N[C@@H]2[C@@H](O)[C@H]1O. The van der Waals surface area contributed by atoms with Gasteiger partial charge in [0.15, 0.2) is 12.6 Å². The summed E-state index contributed by atoms with van der Waals surface area (Å²) < 4.78 is 33.6. The van der Waals surface area contributed by atoms with Gasteiger partial charge in [-0.05, 0) is 32.7 Å². The van der Waals surface area contributed by atoms with Crippen LogP contribution in [0.1, 0.15) is 46.0 Å². The van der Waals surface area contributed by atoms with Gasteiger partial charge in [0.25, 0.3) is 0 Å². The Labute approximate surface area is 354 Å². The van der Waals surface area contributed by atoms with Crippen LogP contribution in [0.4, 0.5) is 0 Å². The minimum Gasteiger partial charge on any atom is -0.388 e. The van der Waals surface area contributed by atoms with Gasteiger partial charge in [0.05, 0.1) is 12.5 Å². The highest BCUT2D eigenvalue weighted by Gasteiger charge is 2.49. The maximum atomic E-state index is 12.6. The third-order valence-corrected chi connectivity index (χ3v) is 11.4. The first kappa shape index (κ1) is 48.9. The number of morpholine rings is 2. The minimum absolute atomic E-state index is 0.0606. The first-order valence-corrected chi connectivity index (χ1v) is 21.3. The van der Waals surface area contributed by atoms with Crippen molar-refractivity contribution < 1.29 is 72.8 Å². The van der Waals surface area contributed by atoms with Crippen molar-refractivity contribution in [3.05, 3.63) is 0 Å². The largest absolute Gasteiger partial charge is 0.388 e. The van der Waals surface area contributed by atoms with Gasteiger partial charge in [-0.1, -0.05) is 13.3 Å². The van der Waals surface area contributed by atoms with Crippen LogP contribution in [0.5, 0.6) is 0 Å². The molecule has 0 aromatic carbocycles. The summed E-state index contributed by atoms with van der Waals surface area (Å²) in [5.74, 6) is -1.56. The Morgan fingerprint density at radius 1 is 0.852 bits per heavy atom. The number of hydrogen-bond acceptors (Lipinski definition) is 18. The van der Waals surface area contributed by atoms with Crippen LogP contribution in [-0.2, 0) is 52.4 Å². The molecule has 0 aromatic rings. The molecule has 11 N–H and O–H groups in total. The number of fused-ring (bicyclic) bond motifs is 2. The van der Waals surface area contributed by atoms with Crippen molar-refractivity contribution in [1.29, 1.82) is 0 Å². The van der Waals surface area contributed by atoms with Gasteiger partial charge in [-0.2, -0.15) is 0 Å². The van der Waals surface area contributed by atoms with Crippen LogP contribution in [0.2, 0.25) is 0 Å². The average molecular weight is 875 g/mol. The summed E-state index contributed by atoms with van der Waals surface area (Å²) in [7, 11) is 0. The molecule has 0 spiro atoms. The van der Waals surface area contributed by atoms with Crippen LogP contribution in [0.25, 0.3) is 0 Å². The third-order valence-electron chi connectivity index (χ3n) is 11.4. The van der Waals surface area contributed by atoms with Crippen LogP contribution >= 0.6 is 0 Å². The molecule has 23 heteroatoms. The van der Waals surface area contributed by atoms with E-state index in [0.717, 1.165) is 25.9 Å². The van der Waals surface area contributed by atoms with Crippen molar-refractivity contribution in [1.82, 2.24) is 42.1 Å². The van der Waals surface area contributed by atoms with E-state index < -0.39 is 79.0 Å². The predicted molar refractivity (Wildman–Crippen MR) is 211 cm³/mol. The Morgan fingerprint density at radius 3 is 2.07 bits per heavy atom. The number of rotatable bonds is 25. The number of nitrogens with zero attached hydrogens (tertiary/aromatic N) is 1. The van der Waals surface area contributed by atoms with Gasteiger partial charge < -0.3 is 86.1 Å². The highest BCUT2D eigenvalue weighted by atomic mass is 16.7. The van der Waals surface area contributed by atoms with Gasteiger partial charge in [0.2, 0.25) is 30.0 Å². The third kappa shape index (κ3) is 14.7. The summed E-state index contributed by atoms with van der Waals surface area (Å²) >= 11 is 0. The molecule has 0 bridgehead atoms. The van der Waals surface area contributed by atoms with E-state index in [-0.39, 0.29) is 69.5 Å². The Morgan fingerprint density at radius 2 is 1.46 bits per heavy atom. The van der Waals surface area contributed by atoms with Gasteiger partial charge in [-0.3, -0.25) is 28.9 Å². The molecule has 5 aliphatic rings. The van der Waals surface area contributed by atoms with Crippen LogP contribution in [0, 0.1) is 0 Å². The lowest BCUT2D eigenvalue weighted by Gasteiger charge is -2.44. The standard InChI is InChI=1S/C38H66N8O15/c1-3-5-22(6-11-56-17-28(49)42-14-26-34(53)36(55)32-38(61-26)59-19-30(51)45-32)43-24-16-46(9-8-39-20-47)15-23(24)40-7-4-10-57-21(2)12-27(48)41-13-25-33(52)35(54)31-37(60-25)58-18-29(50)44-31/h20-26,31-38,40,43,52-55H,3-19H2,1-2H3,(H,39,47)(H,41,48)(H,42,49)(H,44,50)(H,45,51)/t21?,22?,23?,24?,25-,26?,31-,32-,33+,34+,35-,36-,37+,38+/m1/s1. The zero-order chi connectivity index (χ0) is 43.9. The number of amides is 5. The van der Waals surface area contributed by atoms with Crippen molar-refractivity contribution in [2.45, 2.75) is 131 Å². The number of likely N-dealkylation sites (tertiary alicyclic amines) is 1. The summed E-state index contributed by atoms with van der Waals surface area (Å²) in [4.78, 5) is 61.5. The second kappa shape index (κ2) is 24.6. The lowest BCUT2D eigenvalue weighted by Crippen LogP contribution is -2.68. The minimum atomic E-state index is -1.35. The normalized spacial score (nSPS) is 33.7. The smallest absolute Gasteiger partial charge is 0.246 e. The molecule has 14 atom stereocenters. The average Bonchev–Trinajstić information content (AvgIpc) is 3.61. The summed E-state index contributed by atoms with van der Waals surface area (Å²) in [5.41, 5.74) is 0. The molecule has 5 saturated heterocycles. The molecule has 348 valence electrons. The van der Waals surface area contributed by atoms with E-state index in [4.69, 9.17) is 28.4 Å². The van der Waals surface area contributed by atoms with E-state index >= 15 is 0 Å². The summed E-state index contributed by atoms with van der Waals surface area (Å²) in [6.07, 6.45) is -5.51. The van der Waals surface area contributed by atoms with Crippen LogP contribution in [0.3, 0.4) is 0 Å².